The van der Waals surface area contributed by atoms with Crippen molar-refractivity contribution in [3.05, 3.63) is 34.3 Å². The van der Waals surface area contributed by atoms with Crippen molar-refractivity contribution < 1.29 is 27.1 Å². The summed E-state index contributed by atoms with van der Waals surface area (Å²) in [5.74, 6) is -1.28. The molecule has 0 N–H and O–H groups in total. The summed E-state index contributed by atoms with van der Waals surface area (Å²) in [6.07, 6.45) is -6.65. The van der Waals surface area contributed by atoms with Crippen LogP contribution in [0.25, 0.3) is 11.1 Å². The fourth-order valence-corrected chi connectivity index (χ4v) is 3.00. The maximum atomic E-state index is 13.1. The molecule has 136 valence electrons. The molecular formula is C16H17F3N2O4. The van der Waals surface area contributed by atoms with E-state index in [0.29, 0.717) is 5.52 Å². The van der Waals surface area contributed by atoms with Crippen molar-refractivity contribution in [2.24, 2.45) is 7.05 Å². The van der Waals surface area contributed by atoms with Gasteiger partial charge in [-0.3, -0.25) is 9.36 Å². The van der Waals surface area contributed by atoms with E-state index in [1.54, 1.807) is 12.1 Å². The third kappa shape index (κ3) is 3.15. The normalized spacial score (nSPS) is 20.9. The molecule has 25 heavy (non-hydrogen) atoms. The number of hydrogen-bond donors (Lipinski definition) is 0. The maximum absolute atomic E-state index is 13.1. The van der Waals surface area contributed by atoms with Crippen molar-refractivity contribution >= 4 is 17.0 Å². The van der Waals surface area contributed by atoms with Gasteiger partial charge < -0.3 is 14.1 Å². The molecule has 1 fully saturated rings. The summed E-state index contributed by atoms with van der Waals surface area (Å²) in [6, 6.07) is 4.58. The van der Waals surface area contributed by atoms with E-state index in [0.717, 1.165) is 4.90 Å². The topological polar surface area (TPSA) is 64.7 Å². The number of halogens is 3. The minimum absolute atomic E-state index is 0.00807. The molecule has 1 aliphatic rings. The highest BCUT2D eigenvalue weighted by molar-refractivity contribution is 6.04. The van der Waals surface area contributed by atoms with Crippen molar-refractivity contribution in [2.75, 3.05) is 13.1 Å². The number of carbonyl (C=O) groups is 1. The molecule has 1 aromatic carbocycles. The van der Waals surface area contributed by atoms with Gasteiger partial charge in [0, 0.05) is 13.6 Å². The van der Waals surface area contributed by atoms with Gasteiger partial charge in [-0.05, 0) is 26.0 Å². The molecule has 1 amide bonds. The summed E-state index contributed by atoms with van der Waals surface area (Å²) in [6.45, 7) is 2.37. The Hall–Kier alpha value is -2.29. The van der Waals surface area contributed by atoms with E-state index in [1.807, 2.05) is 0 Å². The molecule has 1 aromatic heterocycles. The number of benzene rings is 1. The summed E-state index contributed by atoms with van der Waals surface area (Å²) in [4.78, 5) is 25.6. The van der Waals surface area contributed by atoms with Crippen LogP contribution >= 0.6 is 0 Å². The van der Waals surface area contributed by atoms with Crippen molar-refractivity contribution in [1.82, 2.24) is 9.47 Å². The Labute approximate surface area is 140 Å². The molecule has 1 atom stereocenters. The number of nitrogens with zero attached hydrogens (tertiary/aromatic N) is 2. The van der Waals surface area contributed by atoms with E-state index in [-0.39, 0.29) is 17.7 Å². The van der Waals surface area contributed by atoms with E-state index < -0.39 is 36.1 Å². The van der Waals surface area contributed by atoms with Crippen molar-refractivity contribution in [3.63, 3.8) is 0 Å². The number of oxazole rings is 1. The molecule has 0 spiro atoms. The molecule has 3 rings (SSSR count). The van der Waals surface area contributed by atoms with Gasteiger partial charge in [0.1, 0.15) is 0 Å². The Bertz CT molecular complexity index is 882. The highest BCUT2D eigenvalue weighted by Gasteiger charge is 2.49. The average Bonchev–Trinajstić information content (AvgIpc) is 2.79. The van der Waals surface area contributed by atoms with Crippen LogP contribution in [0.5, 0.6) is 0 Å². The first-order chi connectivity index (χ1) is 11.5. The van der Waals surface area contributed by atoms with E-state index in [4.69, 9.17) is 9.15 Å². The minimum atomic E-state index is -4.58. The van der Waals surface area contributed by atoms with Crippen molar-refractivity contribution in [2.45, 2.75) is 31.7 Å². The number of ether oxygens (including phenoxy) is 1. The van der Waals surface area contributed by atoms with E-state index >= 15 is 0 Å². The molecular weight excluding hydrogens is 341 g/mol. The molecule has 6 nitrogen and oxygen atoms in total. The lowest BCUT2D eigenvalue weighted by molar-refractivity contribution is -0.267. The lowest BCUT2D eigenvalue weighted by Crippen LogP contribution is -2.58. The summed E-state index contributed by atoms with van der Waals surface area (Å²) in [5, 5.41) is 0. The van der Waals surface area contributed by atoms with E-state index in [9.17, 15) is 22.8 Å². The van der Waals surface area contributed by atoms with E-state index in [1.165, 1.54) is 31.5 Å². The van der Waals surface area contributed by atoms with Crippen LogP contribution in [0.1, 0.15) is 24.2 Å². The van der Waals surface area contributed by atoms with Crippen LogP contribution in [0.3, 0.4) is 0 Å². The van der Waals surface area contributed by atoms with Gasteiger partial charge >= 0.3 is 11.9 Å². The number of aromatic nitrogens is 1. The fraction of sp³-hybridized carbons (Fsp3) is 0.500. The Morgan fingerprint density at radius 2 is 2.00 bits per heavy atom. The predicted molar refractivity (Wildman–Crippen MR) is 82.4 cm³/mol. The number of carbonyl (C=O) groups excluding carboxylic acids is 1. The first kappa shape index (κ1) is 17.5. The molecule has 2 heterocycles. The first-order valence-corrected chi connectivity index (χ1v) is 7.62. The van der Waals surface area contributed by atoms with Crippen LogP contribution in [0.2, 0.25) is 0 Å². The van der Waals surface area contributed by atoms with Crippen molar-refractivity contribution in [1.29, 1.82) is 0 Å². The molecule has 1 aliphatic heterocycles. The summed E-state index contributed by atoms with van der Waals surface area (Å²) in [5.41, 5.74) is -0.642. The molecule has 0 saturated carbocycles. The number of para-hydroxylation sites is 1. The summed E-state index contributed by atoms with van der Waals surface area (Å²) >= 11 is 0. The summed E-state index contributed by atoms with van der Waals surface area (Å²) in [7, 11) is 1.49. The Morgan fingerprint density at radius 3 is 2.64 bits per heavy atom. The van der Waals surface area contributed by atoms with Crippen LogP contribution in [0, 0.1) is 0 Å². The third-order valence-corrected chi connectivity index (χ3v) is 4.12. The van der Waals surface area contributed by atoms with Gasteiger partial charge in [-0.1, -0.05) is 6.07 Å². The van der Waals surface area contributed by atoms with Crippen LogP contribution in [0.15, 0.2) is 27.4 Å². The quantitative estimate of drug-likeness (QED) is 0.785. The van der Waals surface area contributed by atoms with Gasteiger partial charge in [0.2, 0.25) is 0 Å². The van der Waals surface area contributed by atoms with Crippen molar-refractivity contribution in [3.8, 4) is 0 Å². The maximum Gasteiger partial charge on any atom is 0.419 e. The number of fused-ring (bicyclic) bond motifs is 1. The zero-order valence-corrected chi connectivity index (χ0v) is 13.9. The Balaban J connectivity index is 2.00. The number of hydrogen-bond acceptors (Lipinski definition) is 4. The lowest BCUT2D eigenvalue weighted by atomic mass is 10.0. The van der Waals surface area contributed by atoms with Gasteiger partial charge in [-0.2, -0.15) is 13.2 Å². The first-order valence-electron chi connectivity index (χ1n) is 7.62. The number of aryl methyl sites for hydroxylation is 1. The largest absolute Gasteiger partial charge is 0.419 e. The second kappa shape index (κ2) is 5.62. The highest BCUT2D eigenvalue weighted by Crippen LogP contribution is 2.32. The lowest BCUT2D eigenvalue weighted by Gasteiger charge is -2.43. The second-order valence-electron chi connectivity index (χ2n) is 6.67. The second-order valence-corrected chi connectivity index (χ2v) is 6.67. The number of rotatable bonds is 1. The molecule has 9 heteroatoms. The Kier molecular flexibility index (Phi) is 3.94. The molecule has 0 bridgehead atoms. The third-order valence-electron chi connectivity index (χ3n) is 4.12. The molecule has 1 saturated heterocycles. The number of alkyl halides is 3. The number of amides is 1. The van der Waals surface area contributed by atoms with Crippen LogP contribution in [-0.2, 0) is 11.8 Å². The van der Waals surface area contributed by atoms with Gasteiger partial charge in [0.05, 0.1) is 23.2 Å². The molecule has 0 radical (unpaired) electrons. The molecule has 1 unspecified atom stereocenters. The average molecular weight is 358 g/mol. The summed E-state index contributed by atoms with van der Waals surface area (Å²) < 4.78 is 50.7. The van der Waals surface area contributed by atoms with Gasteiger partial charge in [-0.25, -0.2) is 4.79 Å². The minimum Gasteiger partial charge on any atom is -0.407 e. The van der Waals surface area contributed by atoms with Gasteiger partial charge in [0.25, 0.3) is 5.91 Å². The zero-order valence-electron chi connectivity index (χ0n) is 13.9. The standard InChI is InChI=1S/C16H17F3N2O4/c1-15(2)8-21(7-11(25-15)16(17,18)19)13(22)9-5-4-6-10-12(9)24-14(23)20(10)3/h4-6,11H,7-8H2,1-3H3. The fourth-order valence-electron chi connectivity index (χ4n) is 3.00. The number of morpholine rings is 1. The van der Waals surface area contributed by atoms with Crippen LogP contribution in [-0.4, -0.2) is 46.3 Å². The van der Waals surface area contributed by atoms with Crippen LogP contribution in [0.4, 0.5) is 13.2 Å². The van der Waals surface area contributed by atoms with Crippen LogP contribution < -0.4 is 5.76 Å². The van der Waals surface area contributed by atoms with E-state index in [2.05, 4.69) is 0 Å². The Morgan fingerprint density at radius 1 is 1.32 bits per heavy atom. The van der Waals surface area contributed by atoms with Gasteiger partial charge in [-0.15, -0.1) is 0 Å². The molecule has 0 aliphatic carbocycles. The monoisotopic (exact) mass is 358 g/mol. The van der Waals surface area contributed by atoms with Gasteiger partial charge in [0.15, 0.2) is 11.7 Å². The highest BCUT2D eigenvalue weighted by atomic mass is 19.4. The SMILES string of the molecule is Cn1c(=O)oc2c(C(=O)N3CC(C(F)(F)F)OC(C)(C)C3)cccc21. The zero-order chi connectivity index (χ0) is 18.6. The predicted octanol–water partition coefficient (Wildman–Crippen LogP) is 2.31. The molecule has 2 aromatic rings. The smallest absolute Gasteiger partial charge is 0.407 e.